The van der Waals surface area contributed by atoms with E-state index in [2.05, 4.69) is 17.6 Å². The summed E-state index contributed by atoms with van der Waals surface area (Å²) in [6.07, 6.45) is 2.17. The topological polar surface area (TPSA) is 84.3 Å². The quantitative estimate of drug-likeness (QED) is 0.638. The van der Waals surface area contributed by atoms with Crippen molar-refractivity contribution in [1.29, 1.82) is 0 Å². The molecule has 21 heavy (non-hydrogen) atoms. The number of nitro groups is 1. The van der Waals surface area contributed by atoms with Crippen LogP contribution in [0.4, 0.5) is 5.69 Å². The zero-order valence-electron chi connectivity index (χ0n) is 12.2. The van der Waals surface area contributed by atoms with Crippen molar-refractivity contribution in [2.75, 3.05) is 13.1 Å². The molecule has 1 amide bonds. The summed E-state index contributed by atoms with van der Waals surface area (Å²) < 4.78 is 0. The molecule has 2 atom stereocenters. The molecule has 0 saturated carbocycles. The van der Waals surface area contributed by atoms with E-state index in [-0.39, 0.29) is 22.4 Å². The van der Waals surface area contributed by atoms with Crippen LogP contribution < -0.4 is 10.6 Å². The van der Waals surface area contributed by atoms with Crippen LogP contribution in [0.2, 0.25) is 0 Å². The minimum Gasteiger partial charge on any atom is -0.356 e. The van der Waals surface area contributed by atoms with Crippen LogP contribution in [-0.2, 0) is 11.2 Å². The minimum atomic E-state index is -0.383. The van der Waals surface area contributed by atoms with E-state index < -0.39 is 0 Å². The molecule has 1 aliphatic rings. The third-order valence-corrected chi connectivity index (χ3v) is 3.88. The van der Waals surface area contributed by atoms with E-state index in [1.165, 1.54) is 6.07 Å². The van der Waals surface area contributed by atoms with E-state index in [1.807, 2.05) is 0 Å². The number of amides is 1. The largest absolute Gasteiger partial charge is 0.356 e. The Morgan fingerprint density at radius 3 is 2.95 bits per heavy atom. The van der Waals surface area contributed by atoms with E-state index in [0.29, 0.717) is 24.6 Å². The molecule has 0 aliphatic carbocycles. The lowest BCUT2D eigenvalue weighted by Gasteiger charge is -2.27. The molecule has 6 nitrogen and oxygen atoms in total. The number of carbonyl (C=O) groups is 1. The summed E-state index contributed by atoms with van der Waals surface area (Å²) in [4.78, 5) is 22.6. The van der Waals surface area contributed by atoms with Gasteiger partial charge in [0.1, 0.15) is 0 Å². The summed E-state index contributed by atoms with van der Waals surface area (Å²) in [7, 11) is 0. The summed E-state index contributed by atoms with van der Waals surface area (Å²) in [5.41, 5.74) is 0.767. The molecule has 0 unspecified atom stereocenters. The van der Waals surface area contributed by atoms with Gasteiger partial charge in [-0.25, -0.2) is 0 Å². The molecule has 1 aliphatic heterocycles. The number of piperidine rings is 1. The van der Waals surface area contributed by atoms with Crippen LogP contribution in [-0.4, -0.2) is 30.0 Å². The normalized spacial score (nSPS) is 21.8. The van der Waals surface area contributed by atoms with Gasteiger partial charge in [-0.2, -0.15) is 0 Å². The van der Waals surface area contributed by atoms with Crippen molar-refractivity contribution in [3.63, 3.8) is 0 Å². The minimum absolute atomic E-state index is 0.0482. The van der Waals surface area contributed by atoms with Gasteiger partial charge in [0, 0.05) is 30.1 Å². The molecule has 0 spiro atoms. The maximum atomic E-state index is 12.1. The summed E-state index contributed by atoms with van der Waals surface area (Å²) >= 11 is 0. The molecule has 1 aromatic carbocycles. The molecule has 1 fully saturated rings. The number of nitrogens with zero attached hydrogens (tertiary/aromatic N) is 1. The smallest absolute Gasteiger partial charge is 0.272 e. The molecule has 1 heterocycles. The van der Waals surface area contributed by atoms with Gasteiger partial charge in [-0.05, 0) is 32.7 Å². The van der Waals surface area contributed by atoms with E-state index in [1.54, 1.807) is 18.2 Å². The fourth-order valence-corrected chi connectivity index (χ4v) is 2.74. The van der Waals surface area contributed by atoms with Gasteiger partial charge in [0.25, 0.3) is 5.69 Å². The molecule has 0 bridgehead atoms. The number of hydrogen-bond donors (Lipinski definition) is 2. The number of nitrogens with one attached hydrogen (secondary N) is 2. The SMILES string of the molecule is C[C@H]1C[C@@H](C(=O)NCCc2ccccc2[N+](=O)[O-])CCN1. The van der Waals surface area contributed by atoms with E-state index in [4.69, 9.17) is 0 Å². The Morgan fingerprint density at radius 2 is 2.24 bits per heavy atom. The van der Waals surface area contributed by atoms with E-state index >= 15 is 0 Å². The van der Waals surface area contributed by atoms with Crippen molar-refractivity contribution in [2.45, 2.75) is 32.2 Å². The Hall–Kier alpha value is -1.95. The second-order valence-corrected chi connectivity index (χ2v) is 5.50. The average Bonchev–Trinajstić information content (AvgIpc) is 2.47. The summed E-state index contributed by atoms with van der Waals surface area (Å²) in [5, 5.41) is 17.1. The lowest BCUT2D eigenvalue weighted by Crippen LogP contribution is -2.42. The van der Waals surface area contributed by atoms with Crippen LogP contribution in [0.1, 0.15) is 25.3 Å². The van der Waals surface area contributed by atoms with Gasteiger partial charge in [0.15, 0.2) is 0 Å². The molecule has 0 radical (unpaired) electrons. The summed E-state index contributed by atoms with van der Waals surface area (Å²) in [6.45, 7) is 3.37. The molecule has 2 rings (SSSR count). The van der Waals surface area contributed by atoms with Crippen LogP contribution in [0.15, 0.2) is 24.3 Å². The lowest BCUT2D eigenvalue weighted by atomic mass is 9.92. The van der Waals surface area contributed by atoms with Crippen LogP contribution >= 0.6 is 0 Å². The lowest BCUT2D eigenvalue weighted by molar-refractivity contribution is -0.385. The first-order valence-corrected chi connectivity index (χ1v) is 7.31. The van der Waals surface area contributed by atoms with Gasteiger partial charge in [0.05, 0.1) is 4.92 Å². The molecule has 1 saturated heterocycles. The van der Waals surface area contributed by atoms with Gasteiger partial charge < -0.3 is 10.6 Å². The van der Waals surface area contributed by atoms with Gasteiger partial charge in [0.2, 0.25) is 5.91 Å². The fourth-order valence-electron chi connectivity index (χ4n) is 2.74. The van der Waals surface area contributed by atoms with Crippen molar-refractivity contribution >= 4 is 11.6 Å². The standard InChI is InChI=1S/C15H21N3O3/c1-11-10-13(7-8-16-11)15(19)17-9-6-12-4-2-3-5-14(12)18(20)21/h2-5,11,13,16H,6-10H2,1H3,(H,17,19)/t11-,13-/m0/s1. The maximum Gasteiger partial charge on any atom is 0.272 e. The number of hydrogen-bond acceptors (Lipinski definition) is 4. The highest BCUT2D eigenvalue weighted by Crippen LogP contribution is 2.18. The molecule has 1 aromatic rings. The molecular weight excluding hydrogens is 270 g/mol. The summed E-state index contributed by atoms with van der Waals surface area (Å²) in [6, 6.07) is 7.02. The summed E-state index contributed by atoms with van der Waals surface area (Å²) in [5.74, 6) is 0.106. The van der Waals surface area contributed by atoms with Crippen LogP contribution in [0.3, 0.4) is 0 Å². The van der Waals surface area contributed by atoms with Crippen molar-refractivity contribution in [3.05, 3.63) is 39.9 Å². The predicted molar refractivity (Wildman–Crippen MR) is 80.0 cm³/mol. The van der Waals surface area contributed by atoms with Crippen molar-refractivity contribution in [2.24, 2.45) is 5.92 Å². The Kier molecular flexibility index (Phi) is 5.27. The maximum absolute atomic E-state index is 12.1. The second kappa shape index (κ2) is 7.17. The fraction of sp³-hybridized carbons (Fsp3) is 0.533. The Balaban J connectivity index is 1.84. The van der Waals surface area contributed by atoms with Gasteiger partial charge >= 0.3 is 0 Å². The average molecular weight is 291 g/mol. The Labute approximate surface area is 124 Å². The predicted octanol–water partition coefficient (Wildman–Crippen LogP) is 1.64. The van der Waals surface area contributed by atoms with Gasteiger partial charge in [-0.3, -0.25) is 14.9 Å². The van der Waals surface area contributed by atoms with Crippen LogP contribution in [0.25, 0.3) is 0 Å². The van der Waals surface area contributed by atoms with Crippen LogP contribution in [0, 0.1) is 16.0 Å². The third kappa shape index (κ3) is 4.26. The number of benzene rings is 1. The van der Waals surface area contributed by atoms with E-state index in [0.717, 1.165) is 19.4 Å². The zero-order valence-corrected chi connectivity index (χ0v) is 12.2. The highest BCUT2D eigenvalue weighted by atomic mass is 16.6. The number of para-hydroxylation sites is 1. The highest BCUT2D eigenvalue weighted by molar-refractivity contribution is 5.78. The Morgan fingerprint density at radius 1 is 1.48 bits per heavy atom. The second-order valence-electron chi connectivity index (χ2n) is 5.50. The molecule has 114 valence electrons. The van der Waals surface area contributed by atoms with Crippen LogP contribution in [0.5, 0.6) is 0 Å². The Bertz CT molecular complexity index is 519. The first-order valence-electron chi connectivity index (χ1n) is 7.31. The van der Waals surface area contributed by atoms with E-state index in [9.17, 15) is 14.9 Å². The molecule has 2 N–H and O–H groups in total. The third-order valence-electron chi connectivity index (χ3n) is 3.88. The van der Waals surface area contributed by atoms with Crippen molar-refractivity contribution < 1.29 is 9.72 Å². The van der Waals surface area contributed by atoms with Gasteiger partial charge in [-0.1, -0.05) is 18.2 Å². The number of rotatable bonds is 5. The van der Waals surface area contributed by atoms with Crippen molar-refractivity contribution in [1.82, 2.24) is 10.6 Å². The monoisotopic (exact) mass is 291 g/mol. The number of nitro benzene ring substituents is 1. The highest BCUT2D eigenvalue weighted by Gasteiger charge is 2.24. The molecule has 6 heteroatoms. The molecular formula is C15H21N3O3. The van der Waals surface area contributed by atoms with Crippen molar-refractivity contribution in [3.8, 4) is 0 Å². The molecule has 0 aromatic heterocycles. The first kappa shape index (κ1) is 15.4. The first-order chi connectivity index (χ1) is 10.1. The van der Waals surface area contributed by atoms with Gasteiger partial charge in [-0.15, -0.1) is 0 Å². The zero-order chi connectivity index (χ0) is 15.2. The number of carbonyl (C=O) groups excluding carboxylic acids is 1.